The first-order chi connectivity index (χ1) is 15.5. The van der Waals surface area contributed by atoms with E-state index in [-0.39, 0.29) is 29.3 Å². The van der Waals surface area contributed by atoms with Gasteiger partial charge in [0.1, 0.15) is 30.5 Å². The number of rotatable bonds is 5. The number of nitrogens with one attached hydrogen (secondary N) is 1. The van der Waals surface area contributed by atoms with Crippen LogP contribution in [-0.4, -0.2) is 50.3 Å². The summed E-state index contributed by atoms with van der Waals surface area (Å²) in [4.78, 5) is 25.7. The Kier molecular flexibility index (Phi) is 6.19. The van der Waals surface area contributed by atoms with Gasteiger partial charge in [-0.2, -0.15) is 5.26 Å². The van der Waals surface area contributed by atoms with E-state index in [0.29, 0.717) is 31.1 Å². The lowest BCUT2D eigenvalue weighted by atomic mass is 10.1. The first kappa shape index (κ1) is 21.1. The van der Waals surface area contributed by atoms with Gasteiger partial charge in [-0.25, -0.2) is 0 Å². The summed E-state index contributed by atoms with van der Waals surface area (Å²) in [5, 5.41) is 23.4. The molecule has 2 heterocycles. The van der Waals surface area contributed by atoms with Crippen LogP contribution in [0.25, 0.3) is 6.08 Å². The lowest BCUT2D eigenvalue weighted by Crippen LogP contribution is -2.36. The van der Waals surface area contributed by atoms with Gasteiger partial charge in [0.05, 0.1) is 24.2 Å². The van der Waals surface area contributed by atoms with Gasteiger partial charge in [-0.3, -0.25) is 14.9 Å². The number of ether oxygens (including phenoxy) is 3. The third kappa shape index (κ3) is 4.63. The van der Waals surface area contributed by atoms with E-state index in [1.165, 1.54) is 18.2 Å². The van der Waals surface area contributed by atoms with Gasteiger partial charge in [0.2, 0.25) is 0 Å². The van der Waals surface area contributed by atoms with Gasteiger partial charge in [-0.05, 0) is 23.8 Å². The van der Waals surface area contributed by atoms with E-state index in [1.54, 1.807) is 0 Å². The van der Waals surface area contributed by atoms with Gasteiger partial charge in [0.15, 0.2) is 11.5 Å². The minimum Gasteiger partial charge on any atom is -0.486 e. The average molecular weight is 436 g/mol. The molecule has 0 unspecified atom stereocenters. The number of nitriles is 1. The molecule has 0 aromatic heterocycles. The van der Waals surface area contributed by atoms with Crippen LogP contribution in [0.1, 0.15) is 5.56 Å². The molecule has 32 heavy (non-hydrogen) atoms. The number of hydrogen-bond donors (Lipinski definition) is 1. The summed E-state index contributed by atoms with van der Waals surface area (Å²) < 4.78 is 16.1. The molecule has 1 saturated heterocycles. The topological polar surface area (TPSA) is 127 Å². The molecule has 2 aromatic rings. The number of nitrogens with zero attached hydrogens (tertiary/aromatic N) is 3. The van der Waals surface area contributed by atoms with Crippen molar-refractivity contribution in [2.75, 3.05) is 49.7 Å². The number of carbonyl (C=O) groups excluding carboxylic acids is 1. The van der Waals surface area contributed by atoms with Gasteiger partial charge in [-0.15, -0.1) is 0 Å². The number of anilines is 2. The summed E-state index contributed by atoms with van der Waals surface area (Å²) in [5.74, 6) is -0.236. The van der Waals surface area contributed by atoms with Crippen LogP contribution in [0, 0.1) is 21.4 Å². The number of nitro benzene ring substituents is 1. The molecule has 2 aliphatic rings. The summed E-state index contributed by atoms with van der Waals surface area (Å²) in [5.41, 5.74) is 1.07. The average Bonchev–Trinajstić information content (AvgIpc) is 2.82. The fourth-order valence-corrected chi connectivity index (χ4v) is 3.44. The summed E-state index contributed by atoms with van der Waals surface area (Å²) in [6.07, 6.45) is 1.43. The highest BCUT2D eigenvalue weighted by Crippen LogP contribution is 2.39. The van der Waals surface area contributed by atoms with Crippen molar-refractivity contribution >= 4 is 29.0 Å². The summed E-state index contributed by atoms with van der Waals surface area (Å²) >= 11 is 0. The van der Waals surface area contributed by atoms with Crippen molar-refractivity contribution < 1.29 is 23.9 Å². The maximum absolute atomic E-state index is 12.7. The Morgan fingerprint density at radius 3 is 2.38 bits per heavy atom. The Labute approximate surface area is 183 Å². The van der Waals surface area contributed by atoms with Crippen LogP contribution in [0.2, 0.25) is 0 Å². The highest BCUT2D eigenvalue weighted by atomic mass is 16.6. The molecule has 0 atom stereocenters. The molecule has 2 aromatic carbocycles. The second-order valence-corrected chi connectivity index (χ2v) is 7.09. The van der Waals surface area contributed by atoms with E-state index in [0.717, 1.165) is 18.8 Å². The van der Waals surface area contributed by atoms with Crippen molar-refractivity contribution in [2.45, 2.75) is 0 Å². The quantitative estimate of drug-likeness (QED) is 0.328. The smallest absolute Gasteiger partial charge is 0.296 e. The fraction of sp³-hybridized carbons (Fsp3) is 0.273. The first-order valence-corrected chi connectivity index (χ1v) is 9.99. The first-order valence-electron chi connectivity index (χ1n) is 9.99. The summed E-state index contributed by atoms with van der Waals surface area (Å²) in [6, 6.07) is 11.8. The van der Waals surface area contributed by atoms with Crippen LogP contribution in [0.3, 0.4) is 0 Å². The Balaban J connectivity index is 1.53. The maximum Gasteiger partial charge on any atom is 0.296 e. The molecule has 10 nitrogen and oxygen atoms in total. The lowest BCUT2D eigenvalue weighted by Gasteiger charge is -2.28. The zero-order valence-electron chi connectivity index (χ0n) is 17.1. The Hall–Kier alpha value is -4.10. The van der Waals surface area contributed by atoms with E-state index in [2.05, 4.69) is 10.2 Å². The Morgan fingerprint density at radius 1 is 1.09 bits per heavy atom. The molecule has 164 valence electrons. The number of carbonyl (C=O) groups is 1. The van der Waals surface area contributed by atoms with Crippen molar-refractivity contribution in [2.24, 2.45) is 0 Å². The molecule has 0 spiro atoms. The molecule has 10 heteroatoms. The molecule has 0 saturated carbocycles. The van der Waals surface area contributed by atoms with Crippen molar-refractivity contribution in [1.82, 2.24) is 0 Å². The minimum atomic E-state index is -0.760. The van der Waals surface area contributed by atoms with Crippen molar-refractivity contribution in [3.63, 3.8) is 0 Å². The standard InChI is InChI=1S/C22H20N4O6/c23-14-16(11-15-1-3-17(4-2-15)25-5-7-30-8-6-25)22(27)24-18-12-20-21(32-10-9-31-20)13-19(18)26(28)29/h1-4,11-13H,5-10H2,(H,24,27)/b16-11-. The number of morpholine rings is 1. The normalized spacial score (nSPS) is 15.6. The highest BCUT2D eigenvalue weighted by Gasteiger charge is 2.24. The van der Waals surface area contributed by atoms with Crippen molar-refractivity contribution in [1.29, 1.82) is 5.26 Å². The molecule has 0 bridgehead atoms. The molecule has 0 radical (unpaired) electrons. The van der Waals surface area contributed by atoms with Crippen LogP contribution in [-0.2, 0) is 9.53 Å². The monoisotopic (exact) mass is 436 g/mol. The van der Waals surface area contributed by atoms with E-state index in [1.807, 2.05) is 30.3 Å². The zero-order valence-corrected chi connectivity index (χ0v) is 17.1. The van der Waals surface area contributed by atoms with E-state index < -0.39 is 10.8 Å². The predicted octanol–water partition coefficient (Wildman–Crippen LogP) is 2.75. The molecule has 1 amide bonds. The van der Waals surface area contributed by atoms with Gasteiger partial charge >= 0.3 is 0 Å². The van der Waals surface area contributed by atoms with Crippen LogP contribution in [0.4, 0.5) is 17.1 Å². The molecule has 1 fully saturated rings. The van der Waals surface area contributed by atoms with E-state index in [4.69, 9.17) is 14.2 Å². The third-order valence-electron chi connectivity index (χ3n) is 5.05. The predicted molar refractivity (Wildman–Crippen MR) is 116 cm³/mol. The molecule has 1 N–H and O–H groups in total. The van der Waals surface area contributed by atoms with Crippen LogP contribution >= 0.6 is 0 Å². The van der Waals surface area contributed by atoms with Crippen LogP contribution in [0.15, 0.2) is 42.0 Å². The largest absolute Gasteiger partial charge is 0.486 e. The minimum absolute atomic E-state index is 0.0759. The summed E-state index contributed by atoms with van der Waals surface area (Å²) in [7, 11) is 0. The van der Waals surface area contributed by atoms with Crippen molar-refractivity contribution in [3.8, 4) is 17.6 Å². The van der Waals surface area contributed by atoms with E-state index in [9.17, 15) is 20.2 Å². The molecule has 2 aliphatic heterocycles. The van der Waals surface area contributed by atoms with Crippen LogP contribution < -0.4 is 19.7 Å². The Morgan fingerprint density at radius 2 is 1.75 bits per heavy atom. The second kappa shape index (κ2) is 9.36. The molecular weight excluding hydrogens is 416 g/mol. The number of benzene rings is 2. The highest BCUT2D eigenvalue weighted by molar-refractivity contribution is 6.10. The van der Waals surface area contributed by atoms with E-state index >= 15 is 0 Å². The third-order valence-corrected chi connectivity index (χ3v) is 5.05. The zero-order chi connectivity index (χ0) is 22.5. The van der Waals surface area contributed by atoms with Gasteiger partial charge in [-0.1, -0.05) is 12.1 Å². The maximum atomic E-state index is 12.7. The lowest BCUT2D eigenvalue weighted by molar-refractivity contribution is -0.384. The Bertz CT molecular complexity index is 1100. The SMILES string of the molecule is N#C/C(=C/c1ccc(N2CCOCC2)cc1)C(=O)Nc1cc2c(cc1[N+](=O)[O-])OCCO2. The summed E-state index contributed by atoms with van der Waals surface area (Å²) in [6.45, 7) is 3.52. The molecular formula is C22H20N4O6. The van der Waals surface area contributed by atoms with Gasteiger partial charge in [0, 0.05) is 24.8 Å². The van der Waals surface area contributed by atoms with Crippen LogP contribution in [0.5, 0.6) is 11.5 Å². The molecule has 0 aliphatic carbocycles. The van der Waals surface area contributed by atoms with Gasteiger partial charge < -0.3 is 24.4 Å². The number of fused-ring (bicyclic) bond motifs is 1. The fourth-order valence-electron chi connectivity index (χ4n) is 3.44. The van der Waals surface area contributed by atoms with Crippen molar-refractivity contribution in [3.05, 3.63) is 57.6 Å². The number of hydrogen-bond acceptors (Lipinski definition) is 8. The molecule has 4 rings (SSSR count). The number of amides is 1. The van der Waals surface area contributed by atoms with Gasteiger partial charge in [0.25, 0.3) is 11.6 Å². The second-order valence-electron chi connectivity index (χ2n) is 7.09. The number of nitro groups is 1.